The van der Waals surface area contributed by atoms with Crippen molar-refractivity contribution < 1.29 is 0 Å². The Morgan fingerprint density at radius 3 is 2.68 bits per heavy atom. The van der Waals surface area contributed by atoms with E-state index in [4.69, 9.17) is 0 Å². The van der Waals surface area contributed by atoms with Gasteiger partial charge in [-0.2, -0.15) is 0 Å². The minimum atomic E-state index is 0.338. The van der Waals surface area contributed by atoms with Gasteiger partial charge in [0.2, 0.25) is 0 Å². The van der Waals surface area contributed by atoms with Gasteiger partial charge in [-0.25, -0.2) is 0 Å². The van der Waals surface area contributed by atoms with E-state index in [1.807, 2.05) is 0 Å². The van der Waals surface area contributed by atoms with Crippen molar-refractivity contribution in [3.63, 3.8) is 0 Å². The fraction of sp³-hybridized carbons (Fsp3) is 0. The Kier molecular flexibility index (Phi) is 2.36. The molecular formula is C20H14BN. The molecule has 0 N–H and O–H groups in total. The predicted molar refractivity (Wildman–Crippen MR) is 95.5 cm³/mol. The van der Waals surface area contributed by atoms with E-state index >= 15 is 0 Å². The molecule has 0 spiro atoms. The highest BCUT2D eigenvalue weighted by Crippen LogP contribution is 2.22. The Bertz CT molecular complexity index is 1090. The molecular weight excluding hydrogens is 265 g/mol. The molecule has 1 nitrogen and oxygen atoms in total. The SMILES string of the molecule is C1=CB2C=c3ccc4ccc5ccccc5c4c3=CN2C=C1. The molecule has 3 aromatic carbocycles. The van der Waals surface area contributed by atoms with Crippen molar-refractivity contribution >= 4 is 40.6 Å². The molecule has 0 saturated carbocycles. The normalized spacial score (nSPS) is 15.5. The molecule has 0 aliphatic carbocycles. The highest BCUT2D eigenvalue weighted by molar-refractivity contribution is 6.76. The van der Waals surface area contributed by atoms with Crippen LogP contribution in [-0.4, -0.2) is 11.7 Å². The van der Waals surface area contributed by atoms with Gasteiger partial charge in [0, 0.05) is 5.22 Å². The predicted octanol–water partition coefficient (Wildman–Crippen LogP) is 2.98. The van der Waals surface area contributed by atoms with Crippen LogP contribution in [0.3, 0.4) is 0 Å². The topological polar surface area (TPSA) is 3.24 Å². The van der Waals surface area contributed by atoms with Crippen LogP contribution in [0.4, 0.5) is 0 Å². The molecule has 2 heterocycles. The van der Waals surface area contributed by atoms with Gasteiger partial charge in [0.05, 0.1) is 0 Å². The van der Waals surface area contributed by atoms with Crippen LogP contribution < -0.4 is 10.4 Å². The fourth-order valence-corrected chi connectivity index (χ4v) is 3.56. The number of nitrogens with zero attached hydrogens (tertiary/aromatic N) is 1. The third-order valence-corrected chi connectivity index (χ3v) is 4.63. The highest BCUT2D eigenvalue weighted by Gasteiger charge is 2.18. The first-order valence-corrected chi connectivity index (χ1v) is 7.67. The number of allylic oxidation sites excluding steroid dienone is 2. The second-order valence-corrected chi connectivity index (χ2v) is 5.91. The van der Waals surface area contributed by atoms with E-state index in [9.17, 15) is 0 Å². The summed E-state index contributed by atoms with van der Waals surface area (Å²) in [4.78, 5) is 2.28. The summed E-state index contributed by atoms with van der Waals surface area (Å²) in [7, 11) is 0. The highest BCUT2D eigenvalue weighted by atomic mass is 15.0. The summed E-state index contributed by atoms with van der Waals surface area (Å²) in [5, 5.41) is 7.94. The van der Waals surface area contributed by atoms with Crippen molar-refractivity contribution in [1.29, 1.82) is 0 Å². The van der Waals surface area contributed by atoms with Crippen LogP contribution in [0.15, 0.2) is 72.9 Å². The van der Waals surface area contributed by atoms with E-state index in [-0.39, 0.29) is 0 Å². The van der Waals surface area contributed by atoms with E-state index in [0.717, 1.165) is 0 Å². The Morgan fingerprint density at radius 1 is 0.818 bits per heavy atom. The average molecular weight is 279 g/mol. The first-order chi connectivity index (χ1) is 10.9. The Morgan fingerprint density at radius 2 is 1.68 bits per heavy atom. The molecule has 0 unspecified atom stereocenters. The van der Waals surface area contributed by atoms with Crippen molar-refractivity contribution in [3.05, 3.63) is 83.3 Å². The Hall–Kier alpha value is -2.74. The van der Waals surface area contributed by atoms with E-state index in [1.54, 1.807) is 0 Å². The first kappa shape index (κ1) is 11.9. The summed E-state index contributed by atoms with van der Waals surface area (Å²) in [6.07, 6.45) is 8.64. The number of hydrogen-bond donors (Lipinski definition) is 0. The van der Waals surface area contributed by atoms with Crippen molar-refractivity contribution in [2.75, 3.05) is 0 Å². The zero-order chi connectivity index (χ0) is 14.5. The lowest BCUT2D eigenvalue weighted by atomic mass is 9.58. The molecule has 0 amide bonds. The lowest BCUT2D eigenvalue weighted by Gasteiger charge is -2.25. The summed E-state index contributed by atoms with van der Waals surface area (Å²) < 4.78 is 0. The third kappa shape index (κ3) is 1.61. The molecule has 2 aliphatic heterocycles. The molecule has 5 rings (SSSR count). The number of fused-ring (bicyclic) bond motifs is 6. The molecule has 0 aromatic heterocycles. The maximum atomic E-state index is 2.34. The minimum Gasteiger partial charge on any atom is -0.389 e. The summed E-state index contributed by atoms with van der Waals surface area (Å²) >= 11 is 0. The van der Waals surface area contributed by atoms with Crippen molar-refractivity contribution in [2.24, 2.45) is 0 Å². The van der Waals surface area contributed by atoms with Crippen molar-refractivity contribution in [1.82, 2.24) is 4.81 Å². The molecule has 0 radical (unpaired) electrons. The summed E-state index contributed by atoms with van der Waals surface area (Å²) in [5.74, 6) is 4.57. The molecule has 0 fully saturated rings. The van der Waals surface area contributed by atoms with Crippen LogP contribution in [0.5, 0.6) is 0 Å². The smallest absolute Gasteiger partial charge is 0.312 e. The Balaban J connectivity index is 1.99. The van der Waals surface area contributed by atoms with Gasteiger partial charge in [-0.15, -0.1) is 0 Å². The molecule has 102 valence electrons. The van der Waals surface area contributed by atoms with Gasteiger partial charge in [0.25, 0.3) is 0 Å². The molecule has 22 heavy (non-hydrogen) atoms. The van der Waals surface area contributed by atoms with Gasteiger partial charge in [-0.05, 0) is 45.2 Å². The third-order valence-electron chi connectivity index (χ3n) is 4.63. The van der Waals surface area contributed by atoms with Gasteiger partial charge >= 0.3 is 6.85 Å². The largest absolute Gasteiger partial charge is 0.389 e. The second-order valence-electron chi connectivity index (χ2n) is 5.91. The summed E-state index contributed by atoms with van der Waals surface area (Å²) in [6.45, 7) is 0.338. The maximum Gasteiger partial charge on any atom is 0.312 e. The molecule has 0 atom stereocenters. The standard InChI is InChI=1S/C20H14BN/c1-2-6-18-15(5-1)7-8-16-9-10-17-13-21-11-3-4-12-22(21)14-19(17)20(16)18/h1-14H. The van der Waals surface area contributed by atoms with E-state index in [0.29, 0.717) is 6.85 Å². The van der Waals surface area contributed by atoms with E-state index < -0.39 is 0 Å². The van der Waals surface area contributed by atoms with Gasteiger partial charge in [-0.1, -0.05) is 66.6 Å². The van der Waals surface area contributed by atoms with Crippen LogP contribution in [0.2, 0.25) is 0 Å². The van der Waals surface area contributed by atoms with Crippen molar-refractivity contribution in [2.45, 2.75) is 0 Å². The van der Waals surface area contributed by atoms with E-state index in [2.05, 4.69) is 89.8 Å². The molecule has 0 saturated heterocycles. The molecule has 0 bridgehead atoms. The molecule has 2 aliphatic rings. The first-order valence-electron chi connectivity index (χ1n) is 7.67. The number of hydrogen-bond acceptors (Lipinski definition) is 1. The van der Waals surface area contributed by atoms with Crippen LogP contribution >= 0.6 is 0 Å². The van der Waals surface area contributed by atoms with Gasteiger partial charge < -0.3 is 4.81 Å². The molecule has 2 heteroatoms. The quantitative estimate of drug-likeness (QED) is 0.451. The minimum absolute atomic E-state index is 0.338. The van der Waals surface area contributed by atoms with Crippen LogP contribution in [-0.2, 0) is 0 Å². The Labute approximate surface area is 129 Å². The number of benzene rings is 3. The zero-order valence-electron chi connectivity index (χ0n) is 12.1. The lowest BCUT2D eigenvalue weighted by Crippen LogP contribution is -2.42. The molecule has 3 aromatic rings. The van der Waals surface area contributed by atoms with Gasteiger partial charge in [0.1, 0.15) is 0 Å². The van der Waals surface area contributed by atoms with Crippen LogP contribution in [0.25, 0.3) is 33.7 Å². The summed E-state index contributed by atoms with van der Waals surface area (Å²) in [6, 6.07) is 17.6. The van der Waals surface area contributed by atoms with Crippen LogP contribution in [0, 0.1) is 0 Å². The second kappa shape index (κ2) is 4.38. The lowest BCUT2D eigenvalue weighted by molar-refractivity contribution is 0.859. The van der Waals surface area contributed by atoms with Crippen LogP contribution in [0.1, 0.15) is 0 Å². The van der Waals surface area contributed by atoms with E-state index in [1.165, 1.54) is 32.0 Å². The van der Waals surface area contributed by atoms with Crippen molar-refractivity contribution in [3.8, 4) is 0 Å². The monoisotopic (exact) mass is 279 g/mol. The zero-order valence-corrected chi connectivity index (χ0v) is 12.1. The maximum absolute atomic E-state index is 2.34. The van der Waals surface area contributed by atoms with Gasteiger partial charge in [0.15, 0.2) is 0 Å². The van der Waals surface area contributed by atoms with Gasteiger partial charge in [-0.3, -0.25) is 0 Å². The number of rotatable bonds is 0. The average Bonchev–Trinajstić information content (AvgIpc) is 2.59. The summed E-state index contributed by atoms with van der Waals surface area (Å²) in [5.41, 5.74) is 0. The fourth-order valence-electron chi connectivity index (χ4n) is 3.56.